The fraction of sp³-hybridized carbons (Fsp3) is 0.650. The largest absolute Gasteiger partial charge is 0.356 e. The number of benzene rings is 1. The Bertz CT molecular complexity index is 584. The van der Waals surface area contributed by atoms with E-state index in [2.05, 4.69) is 34.4 Å². The van der Waals surface area contributed by atoms with Crippen molar-refractivity contribution < 1.29 is 4.39 Å². The van der Waals surface area contributed by atoms with Crippen molar-refractivity contribution >= 4 is 5.96 Å². The lowest BCUT2D eigenvalue weighted by atomic mass is 9.96. The van der Waals surface area contributed by atoms with E-state index in [1.54, 1.807) is 12.1 Å². The Morgan fingerprint density at radius 2 is 1.88 bits per heavy atom. The number of guanidine groups is 1. The number of piperidine rings is 1. The summed E-state index contributed by atoms with van der Waals surface area (Å²) in [6.45, 7) is 7.67. The van der Waals surface area contributed by atoms with Crippen LogP contribution in [0.2, 0.25) is 0 Å². The molecule has 2 N–H and O–H groups in total. The van der Waals surface area contributed by atoms with Crippen molar-refractivity contribution in [2.75, 3.05) is 26.7 Å². The zero-order valence-corrected chi connectivity index (χ0v) is 15.7. The van der Waals surface area contributed by atoms with Crippen LogP contribution in [0.5, 0.6) is 0 Å². The van der Waals surface area contributed by atoms with Crippen molar-refractivity contribution in [3.63, 3.8) is 0 Å². The molecule has 1 aromatic rings. The van der Waals surface area contributed by atoms with Gasteiger partial charge in [-0.15, -0.1) is 0 Å². The first-order chi connectivity index (χ1) is 12.0. The topological polar surface area (TPSA) is 39.7 Å². The van der Waals surface area contributed by atoms with Gasteiger partial charge in [-0.3, -0.25) is 4.99 Å². The molecule has 5 heteroatoms. The summed E-state index contributed by atoms with van der Waals surface area (Å²) in [4.78, 5) is 6.93. The zero-order chi connectivity index (χ0) is 17.9. The second kappa shape index (κ2) is 7.73. The molecule has 0 bridgehead atoms. The SMILES string of the molecule is CN=C(NCC1(c2ccc(F)cc2)CC1)NC1CCN(C(C)C)CC1. The lowest BCUT2D eigenvalue weighted by Crippen LogP contribution is -2.50. The van der Waals surface area contributed by atoms with E-state index in [9.17, 15) is 4.39 Å². The van der Waals surface area contributed by atoms with Crippen LogP contribution in [0.25, 0.3) is 0 Å². The monoisotopic (exact) mass is 346 g/mol. The summed E-state index contributed by atoms with van der Waals surface area (Å²) in [7, 11) is 1.83. The smallest absolute Gasteiger partial charge is 0.191 e. The maximum absolute atomic E-state index is 13.2. The van der Waals surface area contributed by atoms with Crippen LogP contribution in [-0.4, -0.2) is 49.6 Å². The molecule has 1 saturated carbocycles. The first kappa shape index (κ1) is 18.2. The number of hydrogen-bond donors (Lipinski definition) is 2. The predicted octanol–water partition coefficient (Wildman–Crippen LogP) is 2.90. The van der Waals surface area contributed by atoms with Crippen LogP contribution in [0.4, 0.5) is 4.39 Å². The maximum atomic E-state index is 13.2. The number of halogens is 1. The Labute approximate surface area is 150 Å². The van der Waals surface area contributed by atoms with Crippen LogP contribution in [0, 0.1) is 5.82 Å². The summed E-state index contributed by atoms with van der Waals surface area (Å²) in [6.07, 6.45) is 4.61. The summed E-state index contributed by atoms with van der Waals surface area (Å²) in [5.41, 5.74) is 1.37. The van der Waals surface area contributed by atoms with Crippen molar-refractivity contribution in [3.8, 4) is 0 Å². The molecule has 138 valence electrons. The number of likely N-dealkylation sites (tertiary alicyclic amines) is 1. The number of hydrogen-bond acceptors (Lipinski definition) is 2. The van der Waals surface area contributed by atoms with Crippen LogP contribution in [-0.2, 0) is 5.41 Å². The van der Waals surface area contributed by atoms with Gasteiger partial charge < -0.3 is 15.5 Å². The van der Waals surface area contributed by atoms with Crippen molar-refractivity contribution in [1.29, 1.82) is 0 Å². The second-order valence-corrected chi connectivity index (χ2v) is 7.76. The van der Waals surface area contributed by atoms with Gasteiger partial charge in [-0.05, 0) is 57.2 Å². The highest BCUT2D eigenvalue weighted by Crippen LogP contribution is 2.47. The predicted molar refractivity (Wildman–Crippen MR) is 102 cm³/mol. The van der Waals surface area contributed by atoms with Gasteiger partial charge in [0.15, 0.2) is 5.96 Å². The van der Waals surface area contributed by atoms with Crippen molar-refractivity contribution in [2.24, 2.45) is 4.99 Å². The van der Waals surface area contributed by atoms with Gasteiger partial charge >= 0.3 is 0 Å². The quantitative estimate of drug-likeness (QED) is 0.636. The van der Waals surface area contributed by atoms with E-state index < -0.39 is 0 Å². The molecule has 0 unspecified atom stereocenters. The maximum Gasteiger partial charge on any atom is 0.191 e. The summed E-state index contributed by atoms with van der Waals surface area (Å²) >= 11 is 0. The molecular weight excluding hydrogens is 315 g/mol. The van der Waals surface area contributed by atoms with Gasteiger partial charge in [-0.2, -0.15) is 0 Å². The minimum atomic E-state index is -0.169. The molecule has 1 aromatic carbocycles. The van der Waals surface area contributed by atoms with E-state index in [0.29, 0.717) is 12.1 Å². The van der Waals surface area contributed by atoms with Crippen molar-refractivity contribution in [1.82, 2.24) is 15.5 Å². The number of rotatable bonds is 5. The Kier molecular flexibility index (Phi) is 5.62. The summed E-state index contributed by atoms with van der Waals surface area (Å²) in [5.74, 6) is 0.717. The molecule has 0 atom stereocenters. The first-order valence-electron chi connectivity index (χ1n) is 9.50. The molecule has 25 heavy (non-hydrogen) atoms. The van der Waals surface area contributed by atoms with E-state index in [0.717, 1.165) is 51.3 Å². The molecule has 3 rings (SSSR count). The average molecular weight is 346 g/mol. The van der Waals surface area contributed by atoms with Crippen LogP contribution in [0.1, 0.15) is 45.1 Å². The molecule has 4 nitrogen and oxygen atoms in total. The van der Waals surface area contributed by atoms with Crippen LogP contribution in [0.3, 0.4) is 0 Å². The lowest BCUT2D eigenvalue weighted by molar-refractivity contribution is 0.167. The van der Waals surface area contributed by atoms with Gasteiger partial charge in [0, 0.05) is 44.2 Å². The van der Waals surface area contributed by atoms with E-state index >= 15 is 0 Å². The molecule has 1 saturated heterocycles. The highest BCUT2D eigenvalue weighted by atomic mass is 19.1. The van der Waals surface area contributed by atoms with Gasteiger partial charge in [0.25, 0.3) is 0 Å². The van der Waals surface area contributed by atoms with Crippen molar-refractivity contribution in [3.05, 3.63) is 35.6 Å². The summed E-state index contributed by atoms with van der Waals surface area (Å²) in [5, 5.41) is 7.08. The average Bonchev–Trinajstić information content (AvgIpc) is 3.40. The second-order valence-electron chi connectivity index (χ2n) is 7.76. The summed E-state index contributed by atoms with van der Waals surface area (Å²) < 4.78 is 13.2. The zero-order valence-electron chi connectivity index (χ0n) is 15.7. The molecule has 1 heterocycles. The molecule has 0 amide bonds. The van der Waals surface area contributed by atoms with E-state index in [4.69, 9.17) is 0 Å². The van der Waals surface area contributed by atoms with Crippen LogP contribution in [0.15, 0.2) is 29.3 Å². The third kappa shape index (κ3) is 4.51. The number of nitrogens with one attached hydrogen (secondary N) is 2. The third-order valence-corrected chi connectivity index (χ3v) is 5.73. The Morgan fingerprint density at radius 3 is 2.40 bits per heavy atom. The number of aliphatic imine (C=N–C) groups is 1. The normalized spacial score (nSPS) is 21.4. The molecular formula is C20H31FN4. The lowest BCUT2D eigenvalue weighted by Gasteiger charge is -2.35. The first-order valence-corrected chi connectivity index (χ1v) is 9.50. The fourth-order valence-corrected chi connectivity index (χ4v) is 3.72. The van der Waals surface area contributed by atoms with Gasteiger partial charge in [-0.1, -0.05) is 12.1 Å². The Balaban J connectivity index is 1.49. The molecule has 2 aliphatic rings. The van der Waals surface area contributed by atoms with Gasteiger partial charge in [0.2, 0.25) is 0 Å². The summed E-state index contributed by atoms with van der Waals surface area (Å²) in [6, 6.07) is 8.07. The van der Waals surface area contributed by atoms with E-state index in [1.165, 1.54) is 5.56 Å². The standard InChI is InChI=1S/C20H31FN4/c1-15(2)25-12-8-18(9-13-25)24-19(22-3)23-14-20(10-11-20)16-4-6-17(21)7-5-16/h4-7,15,18H,8-14H2,1-3H3,(H2,22,23,24). The van der Waals surface area contributed by atoms with Crippen molar-refractivity contribution in [2.45, 2.75) is 57.0 Å². The van der Waals surface area contributed by atoms with E-state index in [1.807, 2.05) is 19.2 Å². The highest BCUT2D eigenvalue weighted by Gasteiger charge is 2.44. The Morgan fingerprint density at radius 1 is 1.24 bits per heavy atom. The van der Waals surface area contributed by atoms with Gasteiger partial charge in [0.1, 0.15) is 5.82 Å². The number of nitrogens with zero attached hydrogens (tertiary/aromatic N) is 2. The molecule has 2 fully saturated rings. The van der Waals surface area contributed by atoms with Gasteiger partial charge in [0.05, 0.1) is 0 Å². The highest BCUT2D eigenvalue weighted by molar-refractivity contribution is 5.80. The van der Waals surface area contributed by atoms with Gasteiger partial charge in [-0.25, -0.2) is 4.39 Å². The third-order valence-electron chi connectivity index (χ3n) is 5.73. The molecule has 1 aliphatic carbocycles. The molecule has 0 radical (unpaired) electrons. The minimum absolute atomic E-state index is 0.145. The van der Waals surface area contributed by atoms with E-state index in [-0.39, 0.29) is 11.2 Å². The molecule has 1 aliphatic heterocycles. The molecule has 0 spiro atoms. The molecule has 0 aromatic heterocycles. The van der Waals surface area contributed by atoms with Crippen LogP contribution < -0.4 is 10.6 Å². The Hall–Kier alpha value is -1.62. The fourth-order valence-electron chi connectivity index (χ4n) is 3.72. The van der Waals surface area contributed by atoms with Crippen LogP contribution >= 0.6 is 0 Å². The minimum Gasteiger partial charge on any atom is -0.356 e.